The van der Waals surface area contributed by atoms with Crippen molar-refractivity contribution in [2.45, 2.75) is 6.54 Å². The molecule has 0 radical (unpaired) electrons. The maximum absolute atomic E-state index is 12.3. The zero-order valence-corrected chi connectivity index (χ0v) is 19.9. The van der Waals surface area contributed by atoms with Gasteiger partial charge in [-0.2, -0.15) is 0 Å². The predicted octanol–water partition coefficient (Wildman–Crippen LogP) is 2.20. The van der Waals surface area contributed by atoms with Gasteiger partial charge >= 0.3 is 0 Å². The number of hydrogen-bond donors (Lipinski definition) is 3. The van der Waals surface area contributed by atoms with Crippen molar-refractivity contribution in [1.82, 2.24) is 30.6 Å². The Morgan fingerprint density at radius 3 is 2.83 bits per heavy atom. The summed E-state index contributed by atoms with van der Waals surface area (Å²) in [7, 11) is 0. The number of hydrogen-bond acceptors (Lipinski definition) is 7. The van der Waals surface area contributed by atoms with E-state index in [0.717, 1.165) is 11.3 Å². The molecular weight excluding hydrogens is 490 g/mol. The van der Waals surface area contributed by atoms with Crippen LogP contribution in [0.25, 0.3) is 16.8 Å². The molecule has 4 heterocycles. The van der Waals surface area contributed by atoms with Gasteiger partial charge < -0.3 is 20.5 Å². The molecule has 0 bridgehead atoms. The molecule has 10 nitrogen and oxygen atoms in total. The number of aromatic amines is 1. The van der Waals surface area contributed by atoms with Gasteiger partial charge in [-0.15, -0.1) is 16.4 Å². The van der Waals surface area contributed by atoms with Crippen LogP contribution in [0.1, 0.15) is 15.4 Å². The lowest BCUT2D eigenvalue weighted by molar-refractivity contribution is -0.120. The van der Waals surface area contributed by atoms with Gasteiger partial charge in [0.05, 0.1) is 39.9 Å². The van der Waals surface area contributed by atoms with Gasteiger partial charge in [-0.1, -0.05) is 22.9 Å². The fourth-order valence-corrected chi connectivity index (χ4v) is 4.78. The molecule has 3 N–H and O–H groups in total. The van der Waals surface area contributed by atoms with Gasteiger partial charge in [0.1, 0.15) is 5.69 Å². The Kier molecular flexibility index (Phi) is 6.34. The molecule has 2 amide bonds. The van der Waals surface area contributed by atoms with Gasteiger partial charge in [0, 0.05) is 24.8 Å². The molecule has 1 aliphatic heterocycles. The highest BCUT2D eigenvalue weighted by atomic mass is 35.5. The summed E-state index contributed by atoms with van der Waals surface area (Å²) in [5.41, 5.74) is 3.05. The third-order valence-electron chi connectivity index (χ3n) is 5.50. The third kappa shape index (κ3) is 4.96. The number of carbonyl (C=O) groups is 2. The van der Waals surface area contributed by atoms with E-state index in [0.29, 0.717) is 39.2 Å². The van der Waals surface area contributed by atoms with Crippen molar-refractivity contribution >= 4 is 40.4 Å². The SMILES string of the molecule is O=C1CN(c2cc(-c3ccc[nH]c3=O)ccc2-n2cc(CNC(=O)c3ccc(Cl)s3)nn2)CCN1. The number of H-pyrrole nitrogens is 1. The van der Waals surface area contributed by atoms with E-state index in [9.17, 15) is 14.4 Å². The molecule has 0 unspecified atom stereocenters. The standard InChI is InChI=1S/C23H20ClN7O3S/c24-20-6-5-19(35-20)23(34)27-11-15-12-31(29-28-15)17-4-3-14(16-2-1-7-26-22(16)33)10-18(17)30-9-8-25-21(32)13-30/h1-7,10,12H,8-9,11,13H2,(H,25,32)(H,26,33)(H,27,34). The lowest BCUT2D eigenvalue weighted by atomic mass is 10.0. The van der Waals surface area contributed by atoms with Crippen LogP contribution >= 0.6 is 22.9 Å². The summed E-state index contributed by atoms with van der Waals surface area (Å²) in [5.74, 6) is -0.324. The molecule has 1 aliphatic rings. The van der Waals surface area contributed by atoms with E-state index in [1.807, 2.05) is 23.1 Å². The molecule has 1 aromatic carbocycles. The van der Waals surface area contributed by atoms with Gasteiger partial charge in [-0.05, 0) is 42.0 Å². The van der Waals surface area contributed by atoms with E-state index in [1.54, 1.807) is 41.3 Å². The molecule has 35 heavy (non-hydrogen) atoms. The minimum atomic E-state index is -0.242. The molecular formula is C23H20ClN7O3S. The molecule has 178 valence electrons. The Bertz CT molecular complexity index is 1460. The van der Waals surface area contributed by atoms with Crippen molar-refractivity contribution < 1.29 is 9.59 Å². The van der Waals surface area contributed by atoms with Crippen LogP contribution in [0.15, 0.2) is 59.7 Å². The first kappa shape index (κ1) is 22.8. The van der Waals surface area contributed by atoms with Crippen molar-refractivity contribution in [3.63, 3.8) is 0 Å². The summed E-state index contributed by atoms with van der Waals surface area (Å²) < 4.78 is 2.14. The van der Waals surface area contributed by atoms with E-state index in [2.05, 4.69) is 25.9 Å². The van der Waals surface area contributed by atoms with E-state index in [-0.39, 0.29) is 30.5 Å². The van der Waals surface area contributed by atoms with Crippen molar-refractivity contribution in [3.05, 3.63) is 80.1 Å². The number of aromatic nitrogens is 4. The van der Waals surface area contributed by atoms with Crippen LogP contribution < -0.4 is 21.1 Å². The maximum atomic E-state index is 12.3. The number of anilines is 1. The van der Waals surface area contributed by atoms with E-state index < -0.39 is 0 Å². The Balaban J connectivity index is 1.44. The first-order chi connectivity index (χ1) is 17.0. The number of rotatable bonds is 6. The lowest BCUT2D eigenvalue weighted by Gasteiger charge is -2.30. The molecule has 12 heteroatoms. The van der Waals surface area contributed by atoms with Gasteiger partial charge in [-0.3, -0.25) is 14.4 Å². The van der Waals surface area contributed by atoms with Crippen molar-refractivity contribution in [3.8, 4) is 16.8 Å². The first-order valence-corrected chi connectivity index (χ1v) is 12.0. The largest absolute Gasteiger partial charge is 0.359 e. The second-order valence-corrected chi connectivity index (χ2v) is 9.54. The zero-order valence-electron chi connectivity index (χ0n) is 18.3. The maximum Gasteiger partial charge on any atom is 0.261 e. The van der Waals surface area contributed by atoms with Gasteiger partial charge in [0.15, 0.2) is 0 Å². The average Bonchev–Trinajstić information content (AvgIpc) is 3.52. The highest BCUT2D eigenvalue weighted by molar-refractivity contribution is 7.18. The summed E-state index contributed by atoms with van der Waals surface area (Å²) in [6.45, 7) is 1.49. The van der Waals surface area contributed by atoms with E-state index in [1.165, 1.54) is 11.3 Å². The summed E-state index contributed by atoms with van der Waals surface area (Å²) in [6.07, 6.45) is 3.30. The summed E-state index contributed by atoms with van der Waals surface area (Å²) >= 11 is 7.11. The monoisotopic (exact) mass is 509 g/mol. The summed E-state index contributed by atoms with van der Waals surface area (Å²) in [4.78, 5) is 41.9. The number of thiophene rings is 1. The highest BCUT2D eigenvalue weighted by Crippen LogP contribution is 2.30. The Labute approximate surface area is 208 Å². The van der Waals surface area contributed by atoms with Crippen LogP contribution in [0.4, 0.5) is 5.69 Å². The van der Waals surface area contributed by atoms with Gasteiger partial charge in [0.2, 0.25) is 5.91 Å². The number of carbonyl (C=O) groups excluding carboxylic acids is 2. The van der Waals surface area contributed by atoms with Crippen molar-refractivity contribution in [2.75, 3.05) is 24.5 Å². The quantitative estimate of drug-likeness (QED) is 0.366. The number of halogens is 1. The van der Waals surface area contributed by atoms with Crippen molar-refractivity contribution in [2.24, 2.45) is 0 Å². The molecule has 3 aromatic heterocycles. The number of amides is 2. The van der Waals surface area contributed by atoms with Crippen LogP contribution in [0.2, 0.25) is 4.34 Å². The summed E-state index contributed by atoms with van der Waals surface area (Å²) in [6, 6.07) is 12.4. The third-order valence-corrected chi connectivity index (χ3v) is 6.73. The molecule has 0 spiro atoms. The topological polar surface area (TPSA) is 125 Å². The average molecular weight is 510 g/mol. The molecule has 0 aliphatic carbocycles. The fraction of sp³-hybridized carbons (Fsp3) is 0.174. The van der Waals surface area contributed by atoms with Crippen LogP contribution in [0.3, 0.4) is 0 Å². The molecule has 4 aromatic rings. The fourth-order valence-electron chi connectivity index (χ4n) is 3.82. The first-order valence-electron chi connectivity index (χ1n) is 10.8. The Morgan fingerprint density at radius 1 is 1.17 bits per heavy atom. The molecule has 5 rings (SSSR count). The smallest absolute Gasteiger partial charge is 0.261 e. The zero-order chi connectivity index (χ0) is 24.4. The normalized spacial score (nSPS) is 13.5. The number of nitrogens with one attached hydrogen (secondary N) is 3. The predicted molar refractivity (Wildman–Crippen MR) is 133 cm³/mol. The Morgan fingerprint density at radius 2 is 2.06 bits per heavy atom. The molecule has 1 saturated heterocycles. The number of piperazine rings is 1. The summed E-state index contributed by atoms with van der Waals surface area (Å²) in [5, 5.41) is 14.1. The van der Waals surface area contributed by atoms with Crippen molar-refractivity contribution in [1.29, 1.82) is 0 Å². The lowest BCUT2D eigenvalue weighted by Crippen LogP contribution is -2.48. The van der Waals surface area contributed by atoms with E-state index >= 15 is 0 Å². The van der Waals surface area contributed by atoms with Crippen LogP contribution in [-0.2, 0) is 11.3 Å². The van der Waals surface area contributed by atoms with Crippen LogP contribution in [0, 0.1) is 0 Å². The van der Waals surface area contributed by atoms with Crippen LogP contribution in [-0.4, -0.2) is 51.4 Å². The molecule has 0 saturated carbocycles. The molecule has 1 fully saturated rings. The number of pyridine rings is 1. The second kappa shape index (κ2) is 9.72. The molecule has 0 atom stereocenters. The number of benzene rings is 1. The Hall–Kier alpha value is -3.96. The van der Waals surface area contributed by atoms with Gasteiger partial charge in [-0.25, -0.2) is 4.68 Å². The minimum absolute atomic E-state index is 0.0826. The van der Waals surface area contributed by atoms with Crippen LogP contribution in [0.5, 0.6) is 0 Å². The highest BCUT2D eigenvalue weighted by Gasteiger charge is 2.22. The van der Waals surface area contributed by atoms with Gasteiger partial charge in [0.25, 0.3) is 11.5 Å². The van der Waals surface area contributed by atoms with E-state index in [4.69, 9.17) is 11.6 Å². The minimum Gasteiger partial charge on any atom is -0.359 e. The second-order valence-electron chi connectivity index (χ2n) is 7.83. The number of nitrogens with zero attached hydrogens (tertiary/aromatic N) is 4.